The van der Waals surface area contributed by atoms with Gasteiger partial charge in [0.05, 0.1) is 4.90 Å². The van der Waals surface area contributed by atoms with E-state index in [-0.39, 0.29) is 11.4 Å². The second-order valence-corrected chi connectivity index (χ2v) is 5.90. The lowest BCUT2D eigenvalue weighted by Gasteiger charge is -2.10. The molecule has 0 aliphatic carbocycles. The number of benzene rings is 1. The van der Waals surface area contributed by atoms with Crippen LogP contribution >= 0.6 is 0 Å². The average Bonchev–Trinajstić information content (AvgIpc) is 2.84. The van der Waals surface area contributed by atoms with Gasteiger partial charge < -0.3 is 9.52 Å². The van der Waals surface area contributed by atoms with E-state index in [0.717, 1.165) is 0 Å². The molecule has 0 fully saturated rings. The number of aryl methyl sites for hydroxylation is 1. The number of sulfonamides is 1. The van der Waals surface area contributed by atoms with Crippen molar-refractivity contribution in [3.8, 4) is 0 Å². The fourth-order valence-electron chi connectivity index (χ4n) is 1.60. The maximum absolute atomic E-state index is 11.9. The molecule has 2 rings (SSSR count). The van der Waals surface area contributed by atoms with Crippen molar-refractivity contribution in [1.29, 1.82) is 0 Å². The zero-order valence-electron chi connectivity index (χ0n) is 10.4. The van der Waals surface area contributed by atoms with Gasteiger partial charge in [-0.3, -0.25) is 0 Å². The summed E-state index contributed by atoms with van der Waals surface area (Å²) in [5.41, 5.74) is 0. The van der Waals surface area contributed by atoms with Gasteiger partial charge in [-0.2, -0.15) is 0 Å². The zero-order chi connectivity index (χ0) is 13.9. The highest BCUT2D eigenvalue weighted by molar-refractivity contribution is 7.89. The first-order chi connectivity index (χ1) is 8.99. The molecule has 1 aromatic heterocycles. The van der Waals surface area contributed by atoms with Gasteiger partial charge in [0.2, 0.25) is 10.0 Å². The molecule has 0 aliphatic heterocycles. The van der Waals surface area contributed by atoms with Crippen molar-refractivity contribution in [2.75, 3.05) is 6.54 Å². The third kappa shape index (κ3) is 3.44. The largest absolute Gasteiger partial charge is 0.464 e. The Morgan fingerprint density at radius 2 is 1.89 bits per heavy atom. The second-order valence-electron chi connectivity index (χ2n) is 4.13. The summed E-state index contributed by atoms with van der Waals surface area (Å²) in [6, 6.07) is 11.3. The molecular formula is C13H15NO4S. The Labute approximate surface area is 111 Å². The summed E-state index contributed by atoms with van der Waals surface area (Å²) in [6.07, 6.45) is -1.01. The van der Waals surface area contributed by atoms with Crippen LogP contribution < -0.4 is 4.72 Å². The lowest BCUT2D eigenvalue weighted by atomic mass is 10.3. The molecule has 5 nitrogen and oxygen atoms in total. The molecular weight excluding hydrogens is 266 g/mol. The van der Waals surface area contributed by atoms with Gasteiger partial charge in [0.1, 0.15) is 17.6 Å². The Kier molecular flexibility index (Phi) is 4.04. The maximum Gasteiger partial charge on any atom is 0.240 e. The summed E-state index contributed by atoms with van der Waals surface area (Å²) in [4.78, 5) is 0.165. The van der Waals surface area contributed by atoms with Crippen molar-refractivity contribution in [1.82, 2.24) is 4.72 Å². The first-order valence-electron chi connectivity index (χ1n) is 5.78. The predicted molar refractivity (Wildman–Crippen MR) is 70.0 cm³/mol. The minimum Gasteiger partial charge on any atom is -0.464 e. The van der Waals surface area contributed by atoms with Crippen molar-refractivity contribution < 1.29 is 17.9 Å². The molecule has 0 aliphatic rings. The monoisotopic (exact) mass is 281 g/mol. The van der Waals surface area contributed by atoms with Gasteiger partial charge in [0.15, 0.2) is 0 Å². The van der Waals surface area contributed by atoms with Crippen LogP contribution in [0.3, 0.4) is 0 Å². The Balaban J connectivity index is 2.02. The molecule has 2 aromatic rings. The van der Waals surface area contributed by atoms with E-state index < -0.39 is 16.1 Å². The van der Waals surface area contributed by atoms with Crippen LogP contribution in [0, 0.1) is 6.92 Å². The van der Waals surface area contributed by atoms with E-state index >= 15 is 0 Å². The predicted octanol–water partition coefficient (Wildman–Crippen LogP) is 1.60. The standard InChI is InChI=1S/C13H15NO4S/c1-10-7-8-13(18-10)12(15)9-14-19(16,17)11-5-3-2-4-6-11/h2-8,12,14-15H,9H2,1H3. The smallest absolute Gasteiger partial charge is 0.240 e. The van der Waals surface area contributed by atoms with Gasteiger partial charge in [0.25, 0.3) is 0 Å². The quantitative estimate of drug-likeness (QED) is 0.872. The van der Waals surface area contributed by atoms with Gasteiger partial charge in [-0.25, -0.2) is 13.1 Å². The van der Waals surface area contributed by atoms with Gasteiger partial charge in [0, 0.05) is 6.54 Å². The Hall–Kier alpha value is -1.63. The molecule has 6 heteroatoms. The van der Waals surface area contributed by atoms with Crippen molar-refractivity contribution in [3.63, 3.8) is 0 Å². The summed E-state index contributed by atoms with van der Waals surface area (Å²) >= 11 is 0. The van der Waals surface area contributed by atoms with Crippen LogP contribution in [-0.4, -0.2) is 20.1 Å². The normalized spacial score (nSPS) is 13.4. The van der Waals surface area contributed by atoms with Crippen LogP contribution in [0.2, 0.25) is 0 Å². The number of nitrogens with one attached hydrogen (secondary N) is 1. The van der Waals surface area contributed by atoms with E-state index in [9.17, 15) is 13.5 Å². The maximum atomic E-state index is 11.9. The molecule has 0 bridgehead atoms. The minimum absolute atomic E-state index is 0.135. The first kappa shape index (κ1) is 13.8. The Morgan fingerprint density at radius 1 is 1.21 bits per heavy atom. The van der Waals surface area contributed by atoms with E-state index in [1.54, 1.807) is 37.3 Å². The molecule has 0 spiro atoms. The van der Waals surface area contributed by atoms with Crippen LogP contribution in [0.15, 0.2) is 51.8 Å². The van der Waals surface area contributed by atoms with E-state index in [1.807, 2.05) is 0 Å². The molecule has 0 saturated heterocycles. The summed E-state index contributed by atoms with van der Waals surface area (Å²) < 4.78 is 31.4. The summed E-state index contributed by atoms with van der Waals surface area (Å²) in [6.45, 7) is 1.62. The Bertz CT molecular complexity index is 634. The number of furan rings is 1. The van der Waals surface area contributed by atoms with Gasteiger partial charge in [-0.15, -0.1) is 0 Å². The number of hydrogen-bond donors (Lipinski definition) is 2. The minimum atomic E-state index is -3.61. The first-order valence-corrected chi connectivity index (χ1v) is 7.26. The van der Waals surface area contributed by atoms with E-state index in [1.165, 1.54) is 12.1 Å². The molecule has 1 unspecified atom stereocenters. The molecule has 102 valence electrons. The SMILES string of the molecule is Cc1ccc(C(O)CNS(=O)(=O)c2ccccc2)o1. The molecule has 1 atom stereocenters. The third-order valence-electron chi connectivity index (χ3n) is 2.61. The lowest BCUT2D eigenvalue weighted by molar-refractivity contribution is 0.152. The number of hydrogen-bond acceptors (Lipinski definition) is 4. The zero-order valence-corrected chi connectivity index (χ0v) is 11.2. The van der Waals surface area contributed by atoms with E-state index in [0.29, 0.717) is 11.5 Å². The molecule has 1 aromatic carbocycles. The van der Waals surface area contributed by atoms with Crippen LogP contribution in [-0.2, 0) is 10.0 Å². The second kappa shape index (κ2) is 5.56. The highest BCUT2D eigenvalue weighted by Crippen LogP contribution is 2.16. The molecule has 2 N–H and O–H groups in total. The average molecular weight is 281 g/mol. The van der Waals surface area contributed by atoms with E-state index in [4.69, 9.17) is 4.42 Å². The van der Waals surface area contributed by atoms with Gasteiger partial charge in [-0.1, -0.05) is 18.2 Å². The molecule has 0 saturated carbocycles. The number of rotatable bonds is 5. The lowest BCUT2D eigenvalue weighted by Crippen LogP contribution is -2.28. The topological polar surface area (TPSA) is 79.5 Å². The van der Waals surface area contributed by atoms with E-state index in [2.05, 4.69) is 4.72 Å². The van der Waals surface area contributed by atoms with Gasteiger partial charge in [-0.05, 0) is 31.2 Å². The summed E-state index contributed by atoms with van der Waals surface area (Å²) in [5.74, 6) is 1.01. The summed E-state index contributed by atoms with van der Waals surface area (Å²) in [5, 5.41) is 9.82. The molecule has 0 radical (unpaired) electrons. The van der Waals surface area contributed by atoms with Crippen molar-refractivity contribution >= 4 is 10.0 Å². The van der Waals surface area contributed by atoms with Crippen molar-refractivity contribution in [2.24, 2.45) is 0 Å². The number of aliphatic hydroxyl groups excluding tert-OH is 1. The molecule has 1 heterocycles. The highest BCUT2D eigenvalue weighted by atomic mass is 32.2. The van der Waals surface area contributed by atoms with Crippen LogP contribution in [0.5, 0.6) is 0 Å². The fraction of sp³-hybridized carbons (Fsp3) is 0.231. The molecule has 19 heavy (non-hydrogen) atoms. The van der Waals surface area contributed by atoms with Crippen LogP contribution in [0.4, 0.5) is 0 Å². The fourth-order valence-corrected chi connectivity index (χ4v) is 2.66. The molecule has 0 amide bonds. The highest BCUT2D eigenvalue weighted by Gasteiger charge is 2.17. The van der Waals surface area contributed by atoms with Crippen LogP contribution in [0.1, 0.15) is 17.6 Å². The number of aliphatic hydroxyl groups is 1. The van der Waals surface area contributed by atoms with Crippen molar-refractivity contribution in [2.45, 2.75) is 17.9 Å². The summed E-state index contributed by atoms with van der Waals surface area (Å²) in [7, 11) is -3.61. The van der Waals surface area contributed by atoms with Crippen molar-refractivity contribution in [3.05, 3.63) is 54.0 Å². The van der Waals surface area contributed by atoms with Gasteiger partial charge >= 0.3 is 0 Å². The Morgan fingerprint density at radius 3 is 2.47 bits per heavy atom. The third-order valence-corrected chi connectivity index (χ3v) is 4.05. The van der Waals surface area contributed by atoms with Crippen LogP contribution in [0.25, 0.3) is 0 Å².